The van der Waals surface area contributed by atoms with Crippen molar-refractivity contribution in [2.45, 2.75) is 6.92 Å². The highest BCUT2D eigenvalue weighted by Gasteiger charge is 2.11. The average molecular weight is 280 g/mol. The predicted octanol–water partition coefficient (Wildman–Crippen LogP) is 2.26. The first-order chi connectivity index (χ1) is 10.1. The lowest BCUT2D eigenvalue weighted by molar-refractivity contribution is 0.102. The van der Waals surface area contributed by atoms with Crippen LogP contribution in [0.5, 0.6) is 5.75 Å². The summed E-state index contributed by atoms with van der Waals surface area (Å²) in [4.78, 5) is 12.2. The van der Waals surface area contributed by atoms with E-state index in [0.29, 0.717) is 23.4 Å². The Morgan fingerprint density at radius 1 is 1.24 bits per heavy atom. The molecule has 0 spiro atoms. The van der Waals surface area contributed by atoms with Crippen LogP contribution in [0, 0.1) is 18.8 Å². The van der Waals surface area contributed by atoms with Crippen LogP contribution in [-0.2, 0) is 0 Å². The second-order valence-corrected chi connectivity index (χ2v) is 4.49. The molecular weight excluding hydrogens is 264 g/mol. The van der Waals surface area contributed by atoms with Gasteiger partial charge >= 0.3 is 0 Å². The topological polar surface area (TPSA) is 75.3 Å². The smallest absolute Gasteiger partial charge is 0.256 e. The Hall–Kier alpha value is -2.77. The zero-order valence-corrected chi connectivity index (χ0v) is 11.7. The van der Waals surface area contributed by atoms with Crippen molar-refractivity contribution in [3.05, 3.63) is 59.2 Å². The summed E-state index contributed by atoms with van der Waals surface area (Å²) in [5.74, 6) is 5.53. The standard InChI is InChI=1S/C17H16N2O2/c1-12-15(5-2-6-16(12)20)17(21)19-14-9-7-13(8-10-14)4-3-11-18/h2,5-10,20H,11,18H2,1H3,(H,19,21). The number of hydrogen-bond acceptors (Lipinski definition) is 3. The van der Waals surface area contributed by atoms with Crippen LogP contribution in [0.3, 0.4) is 0 Å². The highest BCUT2D eigenvalue weighted by atomic mass is 16.3. The summed E-state index contributed by atoms with van der Waals surface area (Å²) in [5.41, 5.74) is 7.82. The van der Waals surface area contributed by atoms with Gasteiger partial charge in [-0.2, -0.15) is 0 Å². The lowest BCUT2D eigenvalue weighted by Crippen LogP contribution is -2.13. The second kappa shape index (κ2) is 6.60. The molecule has 0 atom stereocenters. The third-order valence-corrected chi connectivity index (χ3v) is 3.03. The molecule has 0 saturated carbocycles. The number of carbonyl (C=O) groups excluding carboxylic acids is 1. The molecule has 0 bridgehead atoms. The largest absolute Gasteiger partial charge is 0.508 e. The van der Waals surface area contributed by atoms with Gasteiger partial charge in [0, 0.05) is 22.4 Å². The minimum absolute atomic E-state index is 0.107. The monoisotopic (exact) mass is 280 g/mol. The van der Waals surface area contributed by atoms with E-state index < -0.39 is 0 Å². The van der Waals surface area contributed by atoms with Gasteiger partial charge in [0.2, 0.25) is 0 Å². The van der Waals surface area contributed by atoms with Gasteiger partial charge < -0.3 is 16.2 Å². The molecule has 0 saturated heterocycles. The van der Waals surface area contributed by atoms with Crippen LogP contribution in [0.15, 0.2) is 42.5 Å². The van der Waals surface area contributed by atoms with E-state index in [1.807, 2.05) is 12.1 Å². The molecule has 4 N–H and O–H groups in total. The molecule has 0 aliphatic carbocycles. The molecule has 2 rings (SSSR count). The number of nitrogens with two attached hydrogens (primary N) is 1. The van der Waals surface area contributed by atoms with Crippen molar-refractivity contribution >= 4 is 11.6 Å². The Kier molecular flexibility index (Phi) is 4.60. The number of phenolic OH excluding ortho intramolecular Hbond substituents is 1. The van der Waals surface area contributed by atoms with Crippen molar-refractivity contribution in [3.8, 4) is 17.6 Å². The van der Waals surface area contributed by atoms with E-state index in [2.05, 4.69) is 17.2 Å². The summed E-state index contributed by atoms with van der Waals surface area (Å²) in [6, 6.07) is 12.0. The molecule has 1 amide bonds. The van der Waals surface area contributed by atoms with E-state index in [1.165, 1.54) is 0 Å². The summed E-state index contributed by atoms with van der Waals surface area (Å²) < 4.78 is 0. The van der Waals surface area contributed by atoms with E-state index in [-0.39, 0.29) is 11.7 Å². The molecule has 0 unspecified atom stereocenters. The summed E-state index contributed by atoms with van der Waals surface area (Å²) in [7, 11) is 0. The number of nitrogens with one attached hydrogen (secondary N) is 1. The normalized spacial score (nSPS) is 9.62. The predicted molar refractivity (Wildman–Crippen MR) is 83.2 cm³/mol. The van der Waals surface area contributed by atoms with Crippen LogP contribution >= 0.6 is 0 Å². The number of amides is 1. The van der Waals surface area contributed by atoms with E-state index >= 15 is 0 Å². The Labute approximate surface area is 123 Å². The number of carbonyl (C=O) groups is 1. The molecule has 0 heterocycles. The zero-order valence-electron chi connectivity index (χ0n) is 11.7. The number of anilines is 1. The molecule has 0 aliphatic rings. The molecule has 2 aromatic rings. The minimum atomic E-state index is -0.260. The number of rotatable bonds is 2. The van der Waals surface area contributed by atoms with Crippen molar-refractivity contribution in [2.75, 3.05) is 11.9 Å². The van der Waals surface area contributed by atoms with E-state index in [1.54, 1.807) is 37.3 Å². The molecular formula is C17H16N2O2. The first-order valence-corrected chi connectivity index (χ1v) is 6.50. The van der Waals surface area contributed by atoms with Crippen LogP contribution < -0.4 is 11.1 Å². The first-order valence-electron chi connectivity index (χ1n) is 6.50. The van der Waals surface area contributed by atoms with Crippen molar-refractivity contribution in [3.63, 3.8) is 0 Å². The zero-order chi connectivity index (χ0) is 15.2. The second-order valence-electron chi connectivity index (χ2n) is 4.49. The SMILES string of the molecule is Cc1c(O)cccc1C(=O)Nc1ccc(C#CCN)cc1. The number of benzene rings is 2. The van der Waals surface area contributed by atoms with Crippen LogP contribution in [0.25, 0.3) is 0 Å². The highest BCUT2D eigenvalue weighted by molar-refractivity contribution is 6.05. The van der Waals surface area contributed by atoms with Gasteiger partial charge in [-0.25, -0.2) is 0 Å². The Balaban J connectivity index is 2.14. The van der Waals surface area contributed by atoms with E-state index in [0.717, 1.165) is 5.56 Å². The fraction of sp³-hybridized carbons (Fsp3) is 0.118. The molecule has 2 aromatic carbocycles. The third kappa shape index (κ3) is 3.62. The van der Waals surface area contributed by atoms with Gasteiger partial charge in [-0.3, -0.25) is 4.79 Å². The maximum Gasteiger partial charge on any atom is 0.256 e. The minimum Gasteiger partial charge on any atom is -0.508 e. The Morgan fingerprint density at radius 2 is 1.95 bits per heavy atom. The van der Waals surface area contributed by atoms with Crippen molar-refractivity contribution in [1.82, 2.24) is 0 Å². The Morgan fingerprint density at radius 3 is 2.62 bits per heavy atom. The molecule has 4 nitrogen and oxygen atoms in total. The summed E-state index contributed by atoms with van der Waals surface area (Å²) in [5, 5.41) is 12.4. The van der Waals surface area contributed by atoms with Gasteiger partial charge in [0.05, 0.1) is 6.54 Å². The lowest BCUT2D eigenvalue weighted by Gasteiger charge is -2.08. The quantitative estimate of drug-likeness (QED) is 0.739. The van der Waals surface area contributed by atoms with Gasteiger partial charge in [0.15, 0.2) is 0 Å². The summed E-state index contributed by atoms with van der Waals surface area (Å²) in [6.07, 6.45) is 0. The third-order valence-electron chi connectivity index (χ3n) is 3.03. The van der Waals surface area contributed by atoms with E-state index in [4.69, 9.17) is 5.73 Å². The average Bonchev–Trinajstić information content (AvgIpc) is 2.49. The molecule has 0 radical (unpaired) electrons. The van der Waals surface area contributed by atoms with Crippen molar-refractivity contribution < 1.29 is 9.90 Å². The van der Waals surface area contributed by atoms with Crippen molar-refractivity contribution in [2.24, 2.45) is 5.73 Å². The van der Waals surface area contributed by atoms with E-state index in [9.17, 15) is 9.90 Å². The number of hydrogen-bond donors (Lipinski definition) is 3. The van der Waals surface area contributed by atoms with Gasteiger partial charge in [-0.1, -0.05) is 17.9 Å². The molecule has 0 aliphatic heterocycles. The van der Waals surface area contributed by atoms with Gasteiger partial charge in [0.1, 0.15) is 5.75 Å². The summed E-state index contributed by atoms with van der Waals surface area (Å²) in [6.45, 7) is 2.02. The fourth-order valence-corrected chi connectivity index (χ4v) is 1.86. The molecule has 0 fully saturated rings. The maximum atomic E-state index is 12.2. The lowest BCUT2D eigenvalue weighted by atomic mass is 10.1. The molecule has 21 heavy (non-hydrogen) atoms. The van der Waals surface area contributed by atoms with Crippen molar-refractivity contribution in [1.29, 1.82) is 0 Å². The van der Waals surface area contributed by atoms with Crippen LogP contribution in [0.4, 0.5) is 5.69 Å². The highest BCUT2D eigenvalue weighted by Crippen LogP contribution is 2.20. The number of aromatic hydroxyl groups is 1. The fourth-order valence-electron chi connectivity index (χ4n) is 1.86. The molecule has 4 heteroatoms. The number of phenols is 1. The van der Waals surface area contributed by atoms with Crippen LogP contribution in [0.1, 0.15) is 21.5 Å². The van der Waals surface area contributed by atoms with Gasteiger partial charge in [-0.15, -0.1) is 0 Å². The summed E-state index contributed by atoms with van der Waals surface area (Å²) >= 11 is 0. The van der Waals surface area contributed by atoms with Crippen LogP contribution in [-0.4, -0.2) is 17.6 Å². The molecule has 106 valence electrons. The first kappa shape index (κ1) is 14.6. The van der Waals surface area contributed by atoms with Gasteiger partial charge in [-0.05, 0) is 43.3 Å². The van der Waals surface area contributed by atoms with Gasteiger partial charge in [0.25, 0.3) is 5.91 Å². The molecule has 0 aromatic heterocycles. The maximum absolute atomic E-state index is 12.2. The van der Waals surface area contributed by atoms with Crippen LogP contribution in [0.2, 0.25) is 0 Å². The Bertz CT molecular complexity index is 710.